The van der Waals surface area contributed by atoms with Crippen LogP contribution in [0.5, 0.6) is 0 Å². The zero-order chi connectivity index (χ0) is 16.3. The Kier molecular flexibility index (Phi) is 4.54. The van der Waals surface area contributed by atoms with Crippen LogP contribution in [0.4, 0.5) is 13.2 Å². The summed E-state index contributed by atoms with van der Waals surface area (Å²) >= 11 is 0. The number of nitrogens with zero attached hydrogens (tertiary/aromatic N) is 3. The van der Waals surface area contributed by atoms with Crippen molar-refractivity contribution in [3.8, 4) is 5.69 Å². The van der Waals surface area contributed by atoms with E-state index in [9.17, 15) is 18.0 Å². The van der Waals surface area contributed by atoms with Gasteiger partial charge in [-0.25, -0.2) is 4.68 Å². The molecular formula is C15H16F3N3O. The van der Waals surface area contributed by atoms with E-state index in [2.05, 4.69) is 5.10 Å². The third-order valence-electron chi connectivity index (χ3n) is 3.17. The minimum Gasteiger partial charge on any atom is -0.341 e. The van der Waals surface area contributed by atoms with E-state index in [1.54, 1.807) is 35.1 Å². The number of hydrogen-bond acceptors (Lipinski definition) is 2. The highest BCUT2D eigenvalue weighted by molar-refractivity contribution is 5.94. The number of alkyl halides is 3. The summed E-state index contributed by atoms with van der Waals surface area (Å²) in [7, 11) is 1.36. The van der Waals surface area contributed by atoms with Gasteiger partial charge in [-0.05, 0) is 36.8 Å². The van der Waals surface area contributed by atoms with Crippen LogP contribution in [0.3, 0.4) is 0 Å². The molecule has 0 saturated carbocycles. The molecule has 0 unspecified atom stereocenters. The lowest BCUT2D eigenvalue weighted by Crippen LogP contribution is -2.30. The second-order valence-electron chi connectivity index (χ2n) is 5.10. The van der Waals surface area contributed by atoms with Crippen LogP contribution in [-0.4, -0.2) is 40.4 Å². The lowest BCUT2D eigenvalue weighted by molar-refractivity contribution is -0.136. The molecule has 118 valence electrons. The lowest BCUT2D eigenvalue weighted by atomic mass is 10.2. The van der Waals surface area contributed by atoms with Gasteiger partial charge in [-0.15, -0.1) is 0 Å². The van der Waals surface area contributed by atoms with E-state index in [4.69, 9.17) is 0 Å². The second-order valence-corrected chi connectivity index (χ2v) is 5.10. The first-order valence-electron chi connectivity index (χ1n) is 6.70. The molecule has 0 atom stereocenters. The average molecular weight is 311 g/mol. The number of rotatable bonds is 4. The smallest absolute Gasteiger partial charge is 0.341 e. The van der Waals surface area contributed by atoms with E-state index in [-0.39, 0.29) is 6.54 Å². The van der Waals surface area contributed by atoms with E-state index in [1.165, 1.54) is 7.05 Å². The fraction of sp³-hybridized carbons (Fsp3) is 0.333. The molecule has 0 aliphatic heterocycles. The number of amides is 1. The maximum absolute atomic E-state index is 12.2. The molecule has 1 aromatic carbocycles. The molecular weight excluding hydrogens is 295 g/mol. The molecule has 2 rings (SSSR count). The van der Waals surface area contributed by atoms with Crippen LogP contribution in [0.25, 0.3) is 5.69 Å². The molecule has 0 aliphatic rings. The van der Waals surface area contributed by atoms with Crippen LogP contribution in [0, 0.1) is 6.92 Å². The average Bonchev–Trinajstić information content (AvgIpc) is 2.90. The molecule has 2 aromatic rings. The van der Waals surface area contributed by atoms with Crippen molar-refractivity contribution in [2.24, 2.45) is 0 Å². The zero-order valence-electron chi connectivity index (χ0n) is 12.3. The molecule has 1 heterocycles. The Hall–Kier alpha value is -2.31. The maximum Gasteiger partial charge on any atom is 0.390 e. The summed E-state index contributed by atoms with van der Waals surface area (Å²) in [5.74, 6) is -0.438. The highest BCUT2D eigenvalue weighted by Crippen LogP contribution is 2.20. The first-order valence-corrected chi connectivity index (χ1v) is 6.70. The summed E-state index contributed by atoms with van der Waals surface area (Å²) in [5, 5.41) is 4.15. The predicted octanol–water partition coefficient (Wildman–Crippen LogP) is 3.21. The Morgan fingerprint density at radius 1 is 1.27 bits per heavy atom. The van der Waals surface area contributed by atoms with Gasteiger partial charge in [-0.2, -0.15) is 18.3 Å². The fourth-order valence-corrected chi connectivity index (χ4v) is 1.93. The molecule has 22 heavy (non-hydrogen) atoms. The fourth-order valence-electron chi connectivity index (χ4n) is 1.93. The van der Waals surface area contributed by atoms with Crippen LogP contribution in [0.2, 0.25) is 0 Å². The van der Waals surface area contributed by atoms with E-state index in [0.717, 1.165) is 16.2 Å². The van der Waals surface area contributed by atoms with Gasteiger partial charge in [0, 0.05) is 25.4 Å². The normalized spacial score (nSPS) is 11.5. The minimum absolute atomic E-state index is 0.345. The quantitative estimate of drug-likeness (QED) is 0.869. The molecule has 0 bridgehead atoms. The topological polar surface area (TPSA) is 38.1 Å². The summed E-state index contributed by atoms with van der Waals surface area (Å²) in [5.41, 5.74) is 2.13. The van der Waals surface area contributed by atoms with Gasteiger partial charge in [0.2, 0.25) is 0 Å². The van der Waals surface area contributed by atoms with Crippen molar-refractivity contribution < 1.29 is 18.0 Å². The standard InChI is InChI=1S/C15H16F3N3O/c1-11-9-19-21(10-11)13-5-3-12(4-6-13)14(22)20(2)8-7-15(16,17)18/h3-6,9-10H,7-8H2,1-2H3. The highest BCUT2D eigenvalue weighted by atomic mass is 19.4. The molecule has 0 spiro atoms. The van der Waals surface area contributed by atoms with E-state index in [0.29, 0.717) is 5.56 Å². The van der Waals surface area contributed by atoms with E-state index >= 15 is 0 Å². The monoisotopic (exact) mass is 311 g/mol. The van der Waals surface area contributed by atoms with Crippen LogP contribution < -0.4 is 0 Å². The summed E-state index contributed by atoms with van der Waals surface area (Å²) < 4.78 is 38.2. The van der Waals surface area contributed by atoms with Crippen molar-refractivity contribution in [3.63, 3.8) is 0 Å². The molecule has 1 aromatic heterocycles. The SMILES string of the molecule is Cc1cnn(-c2ccc(C(=O)N(C)CCC(F)(F)F)cc2)c1. The molecule has 1 amide bonds. The molecule has 0 radical (unpaired) electrons. The highest BCUT2D eigenvalue weighted by Gasteiger charge is 2.28. The van der Waals surface area contributed by atoms with Gasteiger partial charge in [0.25, 0.3) is 5.91 Å². The first kappa shape index (κ1) is 16.1. The lowest BCUT2D eigenvalue weighted by Gasteiger charge is -2.18. The Morgan fingerprint density at radius 3 is 2.41 bits per heavy atom. The number of halogens is 3. The molecule has 7 heteroatoms. The van der Waals surface area contributed by atoms with Crippen LogP contribution in [0.15, 0.2) is 36.7 Å². The van der Waals surface area contributed by atoms with Gasteiger partial charge in [0.05, 0.1) is 18.3 Å². The maximum atomic E-state index is 12.2. The van der Waals surface area contributed by atoms with Crippen LogP contribution >= 0.6 is 0 Å². The summed E-state index contributed by atoms with van der Waals surface area (Å²) in [6, 6.07) is 6.58. The minimum atomic E-state index is -4.27. The van der Waals surface area contributed by atoms with E-state index < -0.39 is 18.5 Å². The van der Waals surface area contributed by atoms with Gasteiger partial charge in [-0.3, -0.25) is 4.79 Å². The van der Waals surface area contributed by atoms with Crippen molar-refractivity contribution in [1.29, 1.82) is 0 Å². The summed E-state index contributed by atoms with van der Waals surface area (Å²) in [4.78, 5) is 13.1. The van der Waals surface area contributed by atoms with Gasteiger partial charge in [-0.1, -0.05) is 0 Å². The first-order chi connectivity index (χ1) is 10.3. The number of carbonyl (C=O) groups is 1. The van der Waals surface area contributed by atoms with E-state index in [1.807, 2.05) is 13.1 Å². The second kappa shape index (κ2) is 6.21. The number of carbonyl (C=O) groups excluding carboxylic acids is 1. The van der Waals surface area contributed by atoms with Gasteiger partial charge < -0.3 is 4.90 Å². The Labute approximate surface area is 126 Å². The van der Waals surface area contributed by atoms with Crippen molar-refractivity contribution in [2.45, 2.75) is 19.5 Å². The Balaban J connectivity index is 2.05. The number of benzene rings is 1. The molecule has 0 N–H and O–H groups in total. The van der Waals surface area contributed by atoms with Crippen LogP contribution in [-0.2, 0) is 0 Å². The zero-order valence-corrected chi connectivity index (χ0v) is 12.3. The summed E-state index contributed by atoms with van der Waals surface area (Å²) in [6.07, 6.45) is -1.73. The molecule has 0 saturated heterocycles. The van der Waals surface area contributed by atoms with Crippen LogP contribution in [0.1, 0.15) is 22.3 Å². The van der Waals surface area contributed by atoms with Gasteiger partial charge in [0.1, 0.15) is 0 Å². The molecule has 0 aliphatic carbocycles. The van der Waals surface area contributed by atoms with Gasteiger partial charge in [0.15, 0.2) is 0 Å². The molecule has 4 nitrogen and oxygen atoms in total. The predicted molar refractivity (Wildman–Crippen MR) is 75.9 cm³/mol. The summed E-state index contributed by atoms with van der Waals surface area (Å²) in [6.45, 7) is 1.56. The number of hydrogen-bond donors (Lipinski definition) is 0. The van der Waals surface area contributed by atoms with Crippen molar-refractivity contribution in [2.75, 3.05) is 13.6 Å². The number of aryl methyl sites for hydroxylation is 1. The third-order valence-corrected chi connectivity index (χ3v) is 3.17. The number of aromatic nitrogens is 2. The van der Waals surface area contributed by atoms with Crippen molar-refractivity contribution >= 4 is 5.91 Å². The van der Waals surface area contributed by atoms with Crippen molar-refractivity contribution in [3.05, 3.63) is 47.8 Å². The molecule has 0 fully saturated rings. The third kappa shape index (κ3) is 4.09. The van der Waals surface area contributed by atoms with Crippen molar-refractivity contribution in [1.82, 2.24) is 14.7 Å². The largest absolute Gasteiger partial charge is 0.390 e. The van der Waals surface area contributed by atoms with Gasteiger partial charge >= 0.3 is 6.18 Å². The Morgan fingerprint density at radius 2 is 1.91 bits per heavy atom. The Bertz CT molecular complexity index is 647.